The number of hydrogen-bond acceptors (Lipinski definition) is 3. The maximum absolute atomic E-state index is 12.4. The minimum Gasteiger partial charge on any atom is -0.232 e. The van der Waals surface area contributed by atoms with Gasteiger partial charge in [0.05, 0.1) is 12.6 Å². The molecule has 0 bridgehead atoms. The third-order valence-corrected chi connectivity index (χ3v) is 2.78. The van der Waals surface area contributed by atoms with Crippen LogP contribution in [0.5, 0.6) is 0 Å². The Bertz CT molecular complexity index is 654. The van der Waals surface area contributed by atoms with Crippen LogP contribution < -0.4 is 0 Å². The van der Waals surface area contributed by atoms with Crippen LogP contribution in [0.25, 0.3) is 5.65 Å². The van der Waals surface area contributed by atoms with Crippen LogP contribution in [0.4, 0.5) is 13.2 Å². The molecule has 0 fully saturated rings. The first-order valence-corrected chi connectivity index (χ1v) is 5.21. The largest absolute Gasteiger partial charge is 0.393 e. The fourth-order valence-electron chi connectivity index (χ4n) is 1.58. The standard InChI is InChI=1S/C10H6ClF3N4/c1-5-7(2-10(12,13)14)8(11)18-9(17-5)6(3-15)4-16-18/h4H,2H2,1H3. The van der Waals surface area contributed by atoms with Crippen LogP contribution in [0.2, 0.25) is 5.15 Å². The van der Waals surface area contributed by atoms with E-state index < -0.39 is 12.6 Å². The summed E-state index contributed by atoms with van der Waals surface area (Å²) < 4.78 is 38.2. The van der Waals surface area contributed by atoms with Crippen LogP contribution in [-0.2, 0) is 6.42 Å². The first kappa shape index (κ1) is 12.6. The van der Waals surface area contributed by atoms with Gasteiger partial charge in [0.2, 0.25) is 0 Å². The zero-order valence-corrected chi connectivity index (χ0v) is 9.84. The summed E-state index contributed by atoms with van der Waals surface area (Å²) in [6.45, 7) is 1.42. The van der Waals surface area contributed by atoms with E-state index >= 15 is 0 Å². The third-order valence-electron chi connectivity index (χ3n) is 2.39. The number of nitrogens with zero attached hydrogens (tertiary/aromatic N) is 4. The van der Waals surface area contributed by atoms with E-state index in [1.165, 1.54) is 13.1 Å². The molecule has 2 rings (SSSR count). The Kier molecular flexibility index (Phi) is 2.91. The summed E-state index contributed by atoms with van der Waals surface area (Å²) in [7, 11) is 0. The number of halogens is 4. The number of aryl methyl sites for hydroxylation is 1. The van der Waals surface area contributed by atoms with Crippen LogP contribution in [0.1, 0.15) is 16.8 Å². The summed E-state index contributed by atoms with van der Waals surface area (Å²) in [5.74, 6) is 0. The zero-order valence-electron chi connectivity index (χ0n) is 9.09. The molecule has 0 aromatic carbocycles. The van der Waals surface area contributed by atoms with Crippen molar-refractivity contribution in [2.24, 2.45) is 0 Å². The van der Waals surface area contributed by atoms with Crippen molar-refractivity contribution in [3.05, 3.63) is 28.2 Å². The second-order valence-corrected chi connectivity index (χ2v) is 4.02. The van der Waals surface area contributed by atoms with Gasteiger partial charge in [-0.2, -0.15) is 23.5 Å². The first-order valence-electron chi connectivity index (χ1n) is 4.83. The highest BCUT2D eigenvalue weighted by molar-refractivity contribution is 6.30. The quantitative estimate of drug-likeness (QED) is 0.751. The van der Waals surface area contributed by atoms with Crippen LogP contribution >= 0.6 is 11.6 Å². The van der Waals surface area contributed by atoms with Crippen LogP contribution in [0.3, 0.4) is 0 Å². The average molecular weight is 275 g/mol. The second kappa shape index (κ2) is 4.14. The Labute approximate surface area is 105 Å². The monoisotopic (exact) mass is 274 g/mol. The summed E-state index contributed by atoms with van der Waals surface area (Å²) in [6.07, 6.45) is -4.34. The van der Waals surface area contributed by atoms with E-state index in [9.17, 15) is 13.2 Å². The smallest absolute Gasteiger partial charge is 0.232 e. The third kappa shape index (κ3) is 2.11. The van der Waals surface area contributed by atoms with E-state index in [2.05, 4.69) is 10.1 Å². The van der Waals surface area contributed by atoms with E-state index in [1.54, 1.807) is 0 Å². The maximum Gasteiger partial charge on any atom is 0.393 e. The van der Waals surface area contributed by atoms with Gasteiger partial charge in [0.1, 0.15) is 16.8 Å². The van der Waals surface area contributed by atoms with E-state index in [-0.39, 0.29) is 27.6 Å². The predicted octanol–water partition coefficient (Wildman–Crippen LogP) is 2.67. The van der Waals surface area contributed by atoms with Crippen molar-refractivity contribution in [3.63, 3.8) is 0 Å². The van der Waals surface area contributed by atoms with Crippen LogP contribution in [0, 0.1) is 18.3 Å². The normalized spacial score (nSPS) is 11.8. The zero-order chi connectivity index (χ0) is 13.5. The molecule has 94 valence electrons. The Morgan fingerprint density at radius 1 is 1.50 bits per heavy atom. The van der Waals surface area contributed by atoms with E-state index in [1.807, 2.05) is 6.07 Å². The summed E-state index contributed by atoms with van der Waals surface area (Å²) in [6, 6.07) is 1.85. The van der Waals surface area contributed by atoms with Crippen molar-refractivity contribution < 1.29 is 13.2 Å². The lowest BCUT2D eigenvalue weighted by Crippen LogP contribution is -2.15. The lowest BCUT2D eigenvalue weighted by Gasteiger charge is -2.11. The minimum absolute atomic E-state index is 0.135. The molecule has 0 amide bonds. The molecule has 0 saturated heterocycles. The van der Waals surface area contributed by atoms with Gasteiger partial charge < -0.3 is 0 Å². The highest BCUT2D eigenvalue weighted by Crippen LogP contribution is 2.28. The molecule has 8 heteroatoms. The molecule has 2 aromatic heterocycles. The minimum atomic E-state index is -4.38. The van der Waals surface area contributed by atoms with E-state index in [0.29, 0.717) is 0 Å². The lowest BCUT2D eigenvalue weighted by molar-refractivity contribution is -0.127. The molecule has 0 unspecified atom stereocenters. The van der Waals surface area contributed by atoms with Gasteiger partial charge in [-0.05, 0) is 6.92 Å². The fourth-order valence-corrected chi connectivity index (χ4v) is 1.90. The molecule has 0 radical (unpaired) electrons. The Balaban J connectivity index is 2.67. The van der Waals surface area contributed by atoms with E-state index in [4.69, 9.17) is 16.9 Å². The Hall–Kier alpha value is -1.81. The SMILES string of the molecule is Cc1nc2c(C#N)cnn2c(Cl)c1CC(F)(F)F. The summed E-state index contributed by atoms with van der Waals surface area (Å²) >= 11 is 5.87. The molecule has 0 atom stereocenters. The molecule has 0 saturated carbocycles. The summed E-state index contributed by atoms with van der Waals surface area (Å²) in [5.41, 5.74) is 0.329. The van der Waals surface area contributed by atoms with Crippen molar-refractivity contribution in [1.82, 2.24) is 14.6 Å². The van der Waals surface area contributed by atoms with Gasteiger partial charge in [0.15, 0.2) is 5.65 Å². The second-order valence-electron chi connectivity index (χ2n) is 3.66. The number of fused-ring (bicyclic) bond motifs is 1. The Morgan fingerprint density at radius 2 is 2.17 bits per heavy atom. The topological polar surface area (TPSA) is 54.0 Å². The van der Waals surface area contributed by atoms with Crippen LogP contribution in [-0.4, -0.2) is 20.8 Å². The molecule has 0 aliphatic carbocycles. The Morgan fingerprint density at radius 3 is 2.72 bits per heavy atom. The predicted molar refractivity (Wildman–Crippen MR) is 57.2 cm³/mol. The van der Waals surface area contributed by atoms with Gasteiger partial charge in [-0.25, -0.2) is 9.50 Å². The highest BCUT2D eigenvalue weighted by atomic mass is 35.5. The van der Waals surface area contributed by atoms with Gasteiger partial charge in [-0.15, -0.1) is 0 Å². The van der Waals surface area contributed by atoms with Gasteiger partial charge in [0.25, 0.3) is 0 Å². The van der Waals surface area contributed by atoms with Crippen molar-refractivity contribution in [2.45, 2.75) is 19.5 Å². The van der Waals surface area contributed by atoms with Crippen molar-refractivity contribution in [3.8, 4) is 6.07 Å². The first-order chi connectivity index (χ1) is 8.33. The van der Waals surface area contributed by atoms with Gasteiger partial charge >= 0.3 is 6.18 Å². The average Bonchev–Trinajstić information content (AvgIpc) is 2.65. The fraction of sp³-hybridized carbons (Fsp3) is 0.300. The number of hydrogen-bond donors (Lipinski definition) is 0. The van der Waals surface area contributed by atoms with E-state index in [0.717, 1.165) is 4.52 Å². The van der Waals surface area contributed by atoms with Gasteiger partial charge in [-0.1, -0.05) is 11.6 Å². The molecule has 18 heavy (non-hydrogen) atoms. The summed E-state index contributed by atoms with van der Waals surface area (Å²) in [5, 5.41) is 12.4. The number of nitriles is 1. The highest BCUT2D eigenvalue weighted by Gasteiger charge is 2.31. The van der Waals surface area contributed by atoms with Crippen molar-refractivity contribution in [2.75, 3.05) is 0 Å². The molecule has 4 nitrogen and oxygen atoms in total. The van der Waals surface area contributed by atoms with Gasteiger partial charge in [0, 0.05) is 11.3 Å². The van der Waals surface area contributed by atoms with Crippen molar-refractivity contribution in [1.29, 1.82) is 5.26 Å². The van der Waals surface area contributed by atoms with Crippen molar-refractivity contribution >= 4 is 17.2 Å². The molecule has 2 heterocycles. The molecule has 2 aromatic rings. The summed E-state index contributed by atoms with van der Waals surface area (Å²) in [4.78, 5) is 3.94. The maximum atomic E-state index is 12.4. The molecular weight excluding hydrogens is 269 g/mol. The molecule has 0 spiro atoms. The molecular formula is C10H6ClF3N4. The van der Waals surface area contributed by atoms with Crippen LogP contribution in [0.15, 0.2) is 6.20 Å². The number of aromatic nitrogens is 3. The lowest BCUT2D eigenvalue weighted by atomic mass is 10.1. The molecule has 0 aliphatic heterocycles. The number of rotatable bonds is 1. The number of alkyl halides is 3. The molecule has 0 aliphatic rings. The molecule has 0 N–H and O–H groups in total. The van der Waals surface area contributed by atoms with Gasteiger partial charge in [-0.3, -0.25) is 0 Å².